The van der Waals surface area contributed by atoms with Gasteiger partial charge in [-0.15, -0.1) is 0 Å². The smallest absolute Gasteiger partial charge is 0.251 e. The van der Waals surface area contributed by atoms with Gasteiger partial charge in [-0.05, 0) is 24.1 Å². The highest BCUT2D eigenvalue weighted by molar-refractivity contribution is 7.98. The summed E-state index contributed by atoms with van der Waals surface area (Å²) in [6.07, 6.45) is 0.879. The average Bonchev–Trinajstić information content (AvgIpc) is 2.66. The Morgan fingerprint density at radius 1 is 1.23 bits per heavy atom. The van der Waals surface area contributed by atoms with E-state index in [1.165, 1.54) is 0 Å². The van der Waals surface area contributed by atoms with E-state index in [0.29, 0.717) is 18.7 Å². The van der Waals surface area contributed by atoms with Crippen LogP contribution in [0.25, 0.3) is 0 Å². The Morgan fingerprint density at radius 3 is 2.58 bits per heavy atom. The Balaban J connectivity index is 1.97. The van der Waals surface area contributed by atoms with Crippen LogP contribution in [0.2, 0.25) is 0 Å². The molecule has 1 aromatic heterocycles. The van der Waals surface area contributed by atoms with Crippen LogP contribution in [0.5, 0.6) is 0 Å². The minimum atomic E-state index is -0.0872. The summed E-state index contributed by atoms with van der Waals surface area (Å²) >= 11 is 1.60. The number of aromatic nitrogens is 2. The molecule has 1 N–H and O–H groups in total. The first-order valence-corrected chi connectivity index (χ1v) is 9.56. The molecule has 26 heavy (non-hydrogen) atoms. The van der Waals surface area contributed by atoms with Gasteiger partial charge in [-0.3, -0.25) is 4.79 Å². The summed E-state index contributed by atoms with van der Waals surface area (Å²) in [5, 5.41) is 3.59. The second-order valence-corrected chi connectivity index (χ2v) is 6.92. The van der Waals surface area contributed by atoms with Crippen molar-refractivity contribution in [2.45, 2.75) is 24.3 Å². The van der Waals surface area contributed by atoms with Crippen molar-refractivity contribution in [1.29, 1.82) is 0 Å². The summed E-state index contributed by atoms with van der Waals surface area (Å²) in [5.74, 6) is 1.59. The quantitative estimate of drug-likeness (QED) is 0.414. The van der Waals surface area contributed by atoms with Crippen LogP contribution in [-0.2, 0) is 16.9 Å². The largest absolute Gasteiger partial charge is 0.383 e. The number of aryl methyl sites for hydroxylation is 1. The second-order valence-electron chi connectivity index (χ2n) is 5.98. The van der Waals surface area contributed by atoms with Gasteiger partial charge in [0.1, 0.15) is 5.82 Å². The molecule has 0 saturated carbocycles. The zero-order valence-corrected chi connectivity index (χ0v) is 16.6. The van der Waals surface area contributed by atoms with Crippen molar-refractivity contribution in [1.82, 2.24) is 15.3 Å². The Bertz CT molecular complexity index is 720. The predicted molar refractivity (Wildman–Crippen MR) is 106 cm³/mol. The third-order valence-electron chi connectivity index (χ3n) is 3.74. The summed E-state index contributed by atoms with van der Waals surface area (Å²) in [7, 11) is 5.57. The lowest BCUT2D eigenvalue weighted by molar-refractivity contribution is 0.0937. The van der Waals surface area contributed by atoms with E-state index in [1.54, 1.807) is 18.9 Å². The standard InChI is InChI=1S/C19H26N4O2S/c1-5-16-12-17(23(2)3)22-19(21-16)26-13-14-6-8-15(9-7-14)18(24)20-10-11-25-4/h6-9,12H,5,10-11,13H2,1-4H3,(H,20,24). The van der Waals surface area contributed by atoms with E-state index < -0.39 is 0 Å². The van der Waals surface area contributed by atoms with E-state index in [-0.39, 0.29) is 5.91 Å². The maximum absolute atomic E-state index is 12.0. The molecule has 1 amide bonds. The molecule has 0 saturated heterocycles. The van der Waals surface area contributed by atoms with Crippen LogP contribution in [0.4, 0.5) is 5.82 Å². The van der Waals surface area contributed by atoms with E-state index in [4.69, 9.17) is 4.74 Å². The molecule has 140 valence electrons. The molecule has 0 fully saturated rings. The Morgan fingerprint density at radius 2 is 1.96 bits per heavy atom. The molecule has 1 aromatic carbocycles. The van der Waals surface area contributed by atoms with E-state index in [2.05, 4.69) is 22.2 Å². The van der Waals surface area contributed by atoms with Crippen molar-refractivity contribution < 1.29 is 9.53 Å². The van der Waals surface area contributed by atoms with Gasteiger partial charge in [-0.25, -0.2) is 9.97 Å². The molecule has 0 aliphatic heterocycles. The zero-order valence-electron chi connectivity index (χ0n) is 15.8. The van der Waals surface area contributed by atoms with Gasteiger partial charge in [-0.1, -0.05) is 30.8 Å². The van der Waals surface area contributed by atoms with Crippen LogP contribution >= 0.6 is 11.8 Å². The fraction of sp³-hybridized carbons (Fsp3) is 0.421. The van der Waals surface area contributed by atoms with Gasteiger partial charge in [0.2, 0.25) is 0 Å². The summed E-state index contributed by atoms with van der Waals surface area (Å²) in [5.41, 5.74) is 2.81. The van der Waals surface area contributed by atoms with Gasteiger partial charge in [0.25, 0.3) is 5.91 Å². The number of amides is 1. The van der Waals surface area contributed by atoms with Gasteiger partial charge in [0.15, 0.2) is 5.16 Å². The molecule has 0 aliphatic rings. The number of hydrogen-bond donors (Lipinski definition) is 1. The molecule has 2 aromatic rings. The zero-order chi connectivity index (χ0) is 18.9. The third kappa shape index (κ3) is 6.00. The molecule has 0 spiro atoms. The normalized spacial score (nSPS) is 10.6. The number of ether oxygens (including phenoxy) is 1. The Labute approximate surface area is 159 Å². The molecule has 2 rings (SSSR count). The number of carbonyl (C=O) groups is 1. The third-order valence-corrected chi connectivity index (χ3v) is 4.66. The van der Waals surface area contributed by atoms with Crippen LogP contribution in [0, 0.1) is 0 Å². The van der Waals surface area contributed by atoms with E-state index in [1.807, 2.05) is 49.3 Å². The highest BCUT2D eigenvalue weighted by Gasteiger charge is 2.08. The lowest BCUT2D eigenvalue weighted by Gasteiger charge is -2.13. The number of rotatable bonds is 9. The highest BCUT2D eigenvalue weighted by atomic mass is 32.2. The molecule has 0 atom stereocenters. The van der Waals surface area contributed by atoms with Crippen molar-refractivity contribution in [3.63, 3.8) is 0 Å². The highest BCUT2D eigenvalue weighted by Crippen LogP contribution is 2.22. The van der Waals surface area contributed by atoms with Crippen LogP contribution < -0.4 is 10.2 Å². The maximum atomic E-state index is 12.0. The lowest BCUT2D eigenvalue weighted by atomic mass is 10.1. The second kappa shape index (κ2) is 10.1. The predicted octanol–water partition coefficient (Wildman–Crippen LogP) is 2.77. The van der Waals surface area contributed by atoms with Gasteiger partial charge < -0.3 is 15.0 Å². The van der Waals surface area contributed by atoms with Crippen molar-refractivity contribution in [2.24, 2.45) is 0 Å². The van der Waals surface area contributed by atoms with Gasteiger partial charge >= 0.3 is 0 Å². The Kier molecular flexibility index (Phi) is 7.87. The molecule has 7 heteroatoms. The number of nitrogens with one attached hydrogen (secondary N) is 1. The summed E-state index contributed by atoms with van der Waals surface area (Å²) in [4.78, 5) is 23.1. The number of methoxy groups -OCH3 is 1. The van der Waals surface area contributed by atoms with E-state index >= 15 is 0 Å². The minimum absolute atomic E-state index is 0.0872. The van der Waals surface area contributed by atoms with Crippen molar-refractivity contribution in [2.75, 3.05) is 39.3 Å². The van der Waals surface area contributed by atoms with Crippen LogP contribution in [-0.4, -0.2) is 50.2 Å². The summed E-state index contributed by atoms with van der Waals surface area (Å²) < 4.78 is 4.93. The number of thioether (sulfide) groups is 1. The first-order valence-electron chi connectivity index (χ1n) is 8.57. The number of anilines is 1. The molecular formula is C19H26N4O2S. The van der Waals surface area contributed by atoms with Crippen molar-refractivity contribution in [3.05, 3.63) is 47.2 Å². The number of hydrogen-bond acceptors (Lipinski definition) is 6. The monoisotopic (exact) mass is 374 g/mol. The molecule has 0 radical (unpaired) electrons. The van der Waals surface area contributed by atoms with Crippen molar-refractivity contribution >= 4 is 23.5 Å². The molecule has 1 heterocycles. The molecule has 0 bridgehead atoms. The summed E-state index contributed by atoms with van der Waals surface area (Å²) in [6.45, 7) is 3.10. The van der Waals surface area contributed by atoms with Gasteiger partial charge in [-0.2, -0.15) is 0 Å². The number of nitrogens with zero attached hydrogens (tertiary/aromatic N) is 3. The maximum Gasteiger partial charge on any atom is 0.251 e. The Hall–Kier alpha value is -2.12. The summed E-state index contributed by atoms with van der Waals surface area (Å²) in [6, 6.07) is 9.63. The average molecular weight is 375 g/mol. The van der Waals surface area contributed by atoms with E-state index in [0.717, 1.165) is 34.4 Å². The first kappa shape index (κ1) is 20.2. The first-order chi connectivity index (χ1) is 12.5. The number of benzene rings is 1. The fourth-order valence-electron chi connectivity index (χ4n) is 2.20. The van der Waals surface area contributed by atoms with Crippen molar-refractivity contribution in [3.8, 4) is 0 Å². The fourth-order valence-corrected chi connectivity index (χ4v) is 3.03. The van der Waals surface area contributed by atoms with Crippen LogP contribution in [0.3, 0.4) is 0 Å². The molecule has 0 aliphatic carbocycles. The van der Waals surface area contributed by atoms with E-state index in [9.17, 15) is 4.79 Å². The minimum Gasteiger partial charge on any atom is -0.383 e. The SMILES string of the molecule is CCc1cc(N(C)C)nc(SCc2ccc(C(=O)NCCOC)cc2)n1. The van der Waals surface area contributed by atoms with Gasteiger partial charge in [0.05, 0.1) is 6.61 Å². The molecular weight excluding hydrogens is 348 g/mol. The molecule has 6 nitrogen and oxygen atoms in total. The number of carbonyl (C=O) groups excluding carboxylic acids is 1. The lowest BCUT2D eigenvalue weighted by Crippen LogP contribution is -2.26. The molecule has 0 unspecified atom stereocenters. The topological polar surface area (TPSA) is 67.4 Å². The van der Waals surface area contributed by atoms with Crippen LogP contribution in [0.15, 0.2) is 35.5 Å². The van der Waals surface area contributed by atoms with Crippen LogP contribution in [0.1, 0.15) is 28.5 Å². The van der Waals surface area contributed by atoms with Gasteiger partial charge in [0, 0.05) is 50.8 Å².